The standard InChI is InChI=1S/C17H30N4/c1-4-9-14-16(18-3)19-12-20-17(14)21-15(5-2)13-10-7-6-8-11-13/h12-13,15H,4-11H2,1-3H3,(H2,18,19,20,21). The molecule has 0 spiro atoms. The number of anilines is 2. The monoisotopic (exact) mass is 290 g/mol. The third-order valence-electron chi connectivity index (χ3n) is 4.66. The van der Waals surface area contributed by atoms with Gasteiger partial charge in [0, 0.05) is 18.7 Å². The maximum absolute atomic E-state index is 4.53. The average molecular weight is 290 g/mol. The Hall–Kier alpha value is -1.32. The molecule has 1 atom stereocenters. The predicted molar refractivity (Wildman–Crippen MR) is 89.9 cm³/mol. The maximum atomic E-state index is 4.53. The molecule has 4 heteroatoms. The molecule has 0 aliphatic heterocycles. The predicted octanol–water partition coefficient (Wildman–Crippen LogP) is 4.24. The minimum atomic E-state index is 0.542. The van der Waals surface area contributed by atoms with Crippen molar-refractivity contribution >= 4 is 11.6 Å². The zero-order valence-corrected chi connectivity index (χ0v) is 13.8. The van der Waals surface area contributed by atoms with Gasteiger partial charge in [-0.3, -0.25) is 0 Å². The molecule has 0 saturated heterocycles. The Bertz CT molecular complexity index is 427. The molecule has 1 fully saturated rings. The summed E-state index contributed by atoms with van der Waals surface area (Å²) in [4.78, 5) is 8.89. The van der Waals surface area contributed by atoms with Crippen molar-refractivity contribution in [3.05, 3.63) is 11.9 Å². The van der Waals surface area contributed by atoms with E-state index < -0.39 is 0 Å². The molecular formula is C17H30N4. The van der Waals surface area contributed by atoms with Crippen molar-refractivity contribution in [2.24, 2.45) is 5.92 Å². The lowest BCUT2D eigenvalue weighted by atomic mass is 9.83. The second kappa shape index (κ2) is 8.20. The zero-order valence-electron chi connectivity index (χ0n) is 13.8. The van der Waals surface area contributed by atoms with Gasteiger partial charge in [0.2, 0.25) is 0 Å². The number of nitrogens with one attached hydrogen (secondary N) is 2. The van der Waals surface area contributed by atoms with Crippen molar-refractivity contribution in [3.8, 4) is 0 Å². The highest BCUT2D eigenvalue weighted by Crippen LogP contribution is 2.31. The van der Waals surface area contributed by atoms with E-state index in [1.807, 2.05) is 7.05 Å². The van der Waals surface area contributed by atoms with Crippen LogP contribution < -0.4 is 10.6 Å². The van der Waals surface area contributed by atoms with Crippen LogP contribution in [0, 0.1) is 5.92 Å². The fourth-order valence-electron chi connectivity index (χ4n) is 3.50. The first-order chi connectivity index (χ1) is 10.3. The Labute approximate surface area is 129 Å². The molecule has 0 bridgehead atoms. The third kappa shape index (κ3) is 4.08. The van der Waals surface area contributed by atoms with Gasteiger partial charge in [-0.2, -0.15) is 0 Å². The molecule has 2 rings (SSSR count). The van der Waals surface area contributed by atoms with Gasteiger partial charge in [0.25, 0.3) is 0 Å². The third-order valence-corrected chi connectivity index (χ3v) is 4.66. The van der Waals surface area contributed by atoms with Gasteiger partial charge in [-0.05, 0) is 31.6 Å². The van der Waals surface area contributed by atoms with E-state index in [9.17, 15) is 0 Å². The van der Waals surface area contributed by atoms with E-state index in [1.165, 1.54) is 37.7 Å². The summed E-state index contributed by atoms with van der Waals surface area (Å²) in [6.45, 7) is 4.49. The van der Waals surface area contributed by atoms with E-state index in [0.29, 0.717) is 6.04 Å². The highest BCUT2D eigenvalue weighted by atomic mass is 15.1. The van der Waals surface area contributed by atoms with Gasteiger partial charge in [0.05, 0.1) is 0 Å². The van der Waals surface area contributed by atoms with Crippen molar-refractivity contribution in [1.29, 1.82) is 0 Å². The highest BCUT2D eigenvalue weighted by Gasteiger charge is 2.23. The van der Waals surface area contributed by atoms with Gasteiger partial charge in [0.15, 0.2) is 0 Å². The minimum Gasteiger partial charge on any atom is -0.373 e. The van der Waals surface area contributed by atoms with Crippen LogP contribution >= 0.6 is 0 Å². The van der Waals surface area contributed by atoms with Crippen LogP contribution in [0.5, 0.6) is 0 Å². The molecule has 0 aromatic carbocycles. The summed E-state index contributed by atoms with van der Waals surface area (Å²) in [7, 11) is 1.93. The van der Waals surface area contributed by atoms with Crippen LogP contribution in [0.4, 0.5) is 11.6 Å². The lowest BCUT2D eigenvalue weighted by Gasteiger charge is -2.31. The topological polar surface area (TPSA) is 49.8 Å². The van der Waals surface area contributed by atoms with Crippen LogP contribution in [0.2, 0.25) is 0 Å². The Morgan fingerprint density at radius 1 is 1.14 bits per heavy atom. The minimum absolute atomic E-state index is 0.542. The highest BCUT2D eigenvalue weighted by molar-refractivity contribution is 5.57. The molecule has 1 aliphatic rings. The Balaban J connectivity index is 2.15. The molecule has 1 unspecified atom stereocenters. The van der Waals surface area contributed by atoms with E-state index in [4.69, 9.17) is 0 Å². The molecular weight excluding hydrogens is 260 g/mol. The molecule has 1 aliphatic carbocycles. The summed E-state index contributed by atoms with van der Waals surface area (Å²) in [6.07, 6.45) is 11.8. The molecule has 1 heterocycles. The van der Waals surface area contributed by atoms with E-state index >= 15 is 0 Å². The number of nitrogens with zero attached hydrogens (tertiary/aromatic N) is 2. The van der Waals surface area contributed by atoms with Crippen molar-refractivity contribution in [2.75, 3.05) is 17.7 Å². The van der Waals surface area contributed by atoms with Crippen molar-refractivity contribution < 1.29 is 0 Å². The summed E-state index contributed by atoms with van der Waals surface area (Å²) in [6, 6.07) is 0.542. The maximum Gasteiger partial charge on any atom is 0.134 e. The smallest absolute Gasteiger partial charge is 0.134 e. The second-order valence-electron chi connectivity index (χ2n) is 6.11. The van der Waals surface area contributed by atoms with Gasteiger partial charge < -0.3 is 10.6 Å². The first-order valence-electron chi connectivity index (χ1n) is 8.58. The van der Waals surface area contributed by atoms with Gasteiger partial charge in [-0.15, -0.1) is 0 Å². The number of hydrogen-bond acceptors (Lipinski definition) is 4. The van der Waals surface area contributed by atoms with Crippen LogP contribution in [0.1, 0.15) is 64.4 Å². The SMILES string of the molecule is CCCc1c(NC)ncnc1NC(CC)C1CCCCC1. The van der Waals surface area contributed by atoms with Crippen LogP contribution in [-0.4, -0.2) is 23.1 Å². The molecule has 1 saturated carbocycles. The summed E-state index contributed by atoms with van der Waals surface area (Å²) >= 11 is 0. The molecule has 1 aromatic heterocycles. The Morgan fingerprint density at radius 2 is 1.86 bits per heavy atom. The van der Waals surface area contributed by atoms with Crippen LogP contribution in [0.15, 0.2) is 6.33 Å². The second-order valence-corrected chi connectivity index (χ2v) is 6.11. The Kier molecular flexibility index (Phi) is 6.27. The molecule has 21 heavy (non-hydrogen) atoms. The van der Waals surface area contributed by atoms with Crippen LogP contribution in [0.3, 0.4) is 0 Å². The summed E-state index contributed by atoms with van der Waals surface area (Å²) in [5, 5.41) is 6.94. The number of rotatable bonds is 7. The van der Waals surface area contributed by atoms with Crippen LogP contribution in [-0.2, 0) is 6.42 Å². The number of aromatic nitrogens is 2. The normalized spacial score (nSPS) is 17.5. The van der Waals surface area contributed by atoms with Gasteiger partial charge in [0.1, 0.15) is 18.0 Å². The van der Waals surface area contributed by atoms with Gasteiger partial charge in [-0.25, -0.2) is 9.97 Å². The molecule has 4 nitrogen and oxygen atoms in total. The lowest BCUT2D eigenvalue weighted by Crippen LogP contribution is -2.31. The first kappa shape index (κ1) is 16.1. The van der Waals surface area contributed by atoms with E-state index in [-0.39, 0.29) is 0 Å². The fourth-order valence-corrected chi connectivity index (χ4v) is 3.50. The molecule has 118 valence electrons. The van der Waals surface area contributed by atoms with Crippen LogP contribution in [0.25, 0.3) is 0 Å². The quantitative estimate of drug-likeness (QED) is 0.788. The first-order valence-corrected chi connectivity index (χ1v) is 8.58. The fraction of sp³-hybridized carbons (Fsp3) is 0.765. The lowest BCUT2D eigenvalue weighted by molar-refractivity contribution is 0.312. The molecule has 2 N–H and O–H groups in total. The average Bonchev–Trinajstić information content (AvgIpc) is 2.54. The van der Waals surface area contributed by atoms with E-state index in [1.54, 1.807) is 6.33 Å². The largest absolute Gasteiger partial charge is 0.373 e. The molecule has 0 amide bonds. The zero-order chi connectivity index (χ0) is 15.1. The van der Waals surface area contributed by atoms with Crippen molar-refractivity contribution in [1.82, 2.24) is 9.97 Å². The van der Waals surface area contributed by atoms with Gasteiger partial charge >= 0.3 is 0 Å². The van der Waals surface area contributed by atoms with Crippen molar-refractivity contribution in [2.45, 2.75) is 71.3 Å². The van der Waals surface area contributed by atoms with E-state index in [2.05, 4.69) is 34.4 Å². The summed E-state index contributed by atoms with van der Waals surface area (Å²) in [5.41, 5.74) is 1.23. The Morgan fingerprint density at radius 3 is 2.48 bits per heavy atom. The van der Waals surface area contributed by atoms with E-state index in [0.717, 1.165) is 36.8 Å². The summed E-state index contributed by atoms with van der Waals surface area (Å²) < 4.78 is 0. The van der Waals surface area contributed by atoms with Gasteiger partial charge in [-0.1, -0.05) is 39.5 Å². The molecule has 1 aromatic rings. The molecule has 0 radical (unpaired) electrons. The summed E-state index contributed by atoms with van der Waals surface area (Å²) in [5.74, 6) is 2.80. The van der Waals surface area contributed by atoms with Crippen molar-refractivity contribution in [3.63, 3.8) is 0 Å². The number of hydrogen-bond donors (Lipinski definition) is 2.